The van der Waals surface area contributed by atoms with Gasteiger partial charge in [0.15, 0.2) is 0 Å². The number of fused-ring (bicyclic) bond motifs is 4. The Labute approximate surface area is 270 Å². The van der Waals surface area contributed by atoms with Crippen molar-refractivity contribution in [2.24, 2.45) is 0 Å². The molecule has 1 N–H and O–H groups in total. The third kappa shape index (κ3) is 5.40. The summed E-state index contributed by atoms with van der Waals surface area (Å²) in [5.74, 6) is 0.186. The molecule has 0 saturated carbocycles. The van der Waals surface area contributed by atoms with E-state index >= 15 is 0 Å². The zero-order chi connectivity index (χ0) is 31.0. The molecule has 1 saturated heterocycles. The first-order chi connectivity index (χ1) is 22.0. The van der Waals surface area contributed by atoms with Crippen molar-refractivity contribution in [1.82, 2.24) is 15.1 Å². The van der Waals surface area contributed by atoms with Crippen LogP contribution in [0.25, 0.3) is 11.1 Å². The van der Waals surface area contributed by atoms with Crippen LogP contribution in [-0.2, 0) is 23.3 Å². The molecule has 3 aliphatic rings. The van der Waals surface area contributed by atoms with E-state index in [0.717, 1.165) is 79.1 Å². The predicted molar refractivity (Wildman–Crippen MR) is 181 cm³/mol. The van der Waals surface area contributed by atoms with Crippen LogP contribution in [0.3, 0.4) is 0 Å². The Hall–Kier alpha value is -4.13. The Balaban J connectivity index is 0.990. The summed E-state index contributed by atoms with van der Waals surface area (Å²) < 4.78 is 0. The van der Waals surface area contributed by atoms with Crippen LogP contribution in [0.5, 0.6) is 0 Å². The minimum absolute atomic E-state index is 0.0848. The van der Waals surface area contributed by atoms with Crippen LogP contribution in [-0.4, -0.2) is 60.9 Å². The molecule has 0 spiro atoms. The molecule has 0 atom stereocenters. The van der Waals surface area contributed by atoms with Crippen molar-refractivity contribution in [3.05, 3.63) is 124 Å². The molecule has 2 heterocycles. The number of amides is 2. The van der Waals surface area contributed by atoms with Crippen molar-refractivity contribution >= 4 is 29.1 Å². The number of nitrogens with one attached hydrogen (secondary N) is 1. The van der Waals surface area contributed by atoms with Gasteiger partial charge in [-0.25, -0.2) is 0 Å². The lowest BCUT2D eigenvalue weighted by atomic mass is 9.73. The van der Waals surface area contributed by atoms with Gasteiger partial charge in [-0.1, -0.05) is 78.3 Å². The standard InChI is InChI=1S/C38H39ClN4O2/c1-2-40-37(45)38(34-13-5-3-11-31(34)32-12-4-6-14-35(32)38)17-8-18-41-19-21-42(22-20-41)30-16-15-28-26-43(36(44)33(28)24-30)25-27-9-7-10-29(39)23-27/h3-7,9-16,23-24H,2,8,17-22,25-26H2,1H3,(H,40,45). The van der Waals surface area contributed by atoms with Crippen LogP contribution >= 0.6 is 11.6 Å². The Morgan fingerprint density at radius 1 is 0.844 bits per heavy atom. The van der Waals surface area contributed by atoms with Crippen LogP contribution in [0, 0.1) is 0 Å². The number of carbonyl (C=O) groups is 2. The van der Waals surface area contributed by atoms with Crippen molar-refractivity contribution in [2.45, 2.75) is 38.3 Å². The largest absolute Gasteiger partial charge is 0.369 e. The first-order valence-electron chi connectivity index (χ1n) is 16.1. The van der Waals surface area contributed by atoms with Crippen LogP contribution in [0.2, 0.25) is 5.02 Å². The molecule has 4 aromatic carbocycles. The summed E-state index contributed by atoms with van der Waals surface area (Å²) in [6, 6.07) is 30.9. The molecule has 6 nitrogen and oxygen atoms in total. The third-order valence-electron chi connectivity index (χ3n) is 9.79. The second-order valence-electron chi connectivity index (χ2n) is 12.4. The maximum absolute atomic E-state index is 13.8. The number of halogens is 1. The smallest absolute Gasteiger partial charge is 0.254 e. The van der Waals surface area contributed by atoms with Gasteiger partial charge in [-0.2, -0.15) is 0 Å². The summed E-state index contributed by atoms with van der Waals surface area (Å²) in [6.07, 6.45) is 1.70. The SMILES string of the molecule is CCNC(=O)C1(CCCN2CCN(c3ccc4c(c3)C(=O)N(Cc3cccc(Cl)c3)C4)CC2)c2ccccc2-c2ccccc21. The quantitative estimate of drug-likeness (QED) is 0.233. The Kier molecular flexibility index (Phi) is 8.11. The number of piperazine rings is 1. The van der Waals surface area contributed by atoms with E-state index in [-0.39, 0.29) is 11.8 Å². The number of anilines is 1. The third-order valence-corrected chi connectivity index (χ3v) is 10.0. The number of likely N-dealkylation sites (N-methyl/N-ethyl adjacent to an activating group) is 1. The highest BCUT2D eigenvalue weighted by Gasteiger charge is 2.48. The fourth-order valence-electron chi connectivity index (χ4n) is 7.59. The van der Waals surface area contributed by atoms with Crippen molar-refractivity contribution < 1.29 is 9.59 Å². The molecule has 1 aliphatic carbocycles. The maximum Gasteiger partial charge on any atom is 0.254 e. The summed E-state index contributed by atoms with van der Waals surface area (Å²) in [7, 11) is 0. The molecule has 7 rings (SSSR count). The number of rotatable bonds is 9. The van der Waals surface area contributed by atoms with Gasteiger partial charge in [-0.05, 0) is 84.0 Å². The lowest BCUT2D eigenvalue weighted by Crippen LogP contribution is -2.47. The number of hydrogen-bond acceptors (Lipinski definition) is 4. The van der Waals surface area contributed by atoms with Gasteiger partial charge < -0.3 is 15.1 Å². The maximum atomic E-state index is 13.8. The Morgan fingerprint density at radius 2 is 1.56 bits per heavy atom. The molecule has 1 fully saturated rings. The molecule has 2 amide bonds. The fraction of sp³-hybridized carbons (Fsp3) is 0.316. The van der Waals surface area contributed by atoms with Gasteiger partial charge in [0.05, 0.1) is 0 Å². The molecule has 230 valence electrons. The minimum Gasteiger partial charge on any atom is -0.369 e. The highest BCUT2D eigenvalue weighted by molar-refractivity contribution is 6.30. The molecule has 0 aromatic heterocycles. The van der Waals surface area contributed by atoms with E-state index in [9.17, 15) is 9.59 Å². The Bertz CT molecular complexity index is 1700. The normalized spacial score (nSPS) is 16.8. The zero-order valence-corrected chi connectivity index (χ0v) is 26.5. The lowest BCUT2D eigenvalue weighted by Gasteiger charge is -2.37. The van der Waals surface area contributed by atoms with E-state index in [1.54, 1.807) is 0 Å². The average Bonchev–Trinajstić information content (AvgIpc) is 3.53. The van der Waals surface area contributed by atoms with Gasteiger partial charge >= 0.3 is 0 Å². The number of benzene rings is 4. The van der Waals surface area contributed by atoms with E-state index in [0.29, 0.717) is 24.7 Å². The second kappa shape index (κ2) is 12.3. The first-order valence-corrected chi connectivity index (χ1v) is 16.5. The average molecular weight is 619 g/mol. The monoisotopic (exact) mass is 618 g/mol. The Morgan fingerprint density at radius 3 is 2.24 bits per heavy atom. The summed E-state index contributed by atoms with van der Waals surface area (Å²) in [5, 5.41) is 3.86. The predicted octanol–water partition coefficient (Wildman–Crippen LogP) is 6.50. The van der Waals surface area contributed by atoms with Gasteiger partial charge in [0.25, 0.3) is 5.91 Å². The van der Waals surface area contributed by atoms with Crippen molar-refractivity contribution in [1.29, 1.82) is 0 Å². The topological polar surface area (TPSA) is 55.9 Å². The van der Waals surface area contributed by atoms with Gasteiger partial charge in [0.1, 0.15) is 5.41 Å². The zero-order valence-electron chi connectivity index (χ0n) is 25.8. The molecular weight excluding hydrogens is 580 g/mol. The summed E-state index contributed by atoms with van der Waals surface area (Å²) in [6.45, 7) is 8.45. The van der Waals surface area contributed by atoms with E-state index < -0.39 is 5.41 Å². The molecular formula is C38H39ClN4O2. The van der Waals surface area contributed by atoms with Crippen molar-refractivity contribution in [2.75, 3.05) is 44.2 Å². The van der Waals surface area contributed by atoms with Crippen molar-refractivity contribution in [3.63, 3.8) is 0 Å². The molecule has 0 radical (unpaired) electrons. The molecule has 45 heavy (non-hydrogen) atoms. The van der Waals surface area contributed by atoms with Crippen LogP contribution < -0.4 is 10.2 Å². The molecule has 0 unspecified atom stereocenters. The van der Waals surface area contributed by atoms with E-state index in [1.165, 1.54) is 11.1 Å². The first kappa shape index (κ1) is 29.6. The van der Waals surface area contributed by atoms with Gasteiger partial charge in [0, 0.05) is 62.1 Å². The highest BCUT2D eigenvalue weighted by atomic mass is 35.5. The molecule has 7 heteroatoms. The van der Waals surface area contributed by atoms with E-state index in [4.69, 9.17) is 11.6 Å². The molecule has 2 aliphatic heterocycles. The van der Waals surface area contributed by atoms with Gasteiger partial charge in [-0.3, -0.25) is 14.5 Å². The summed E-state index contributed by atoms with van der Waals surface area (Å²) in [5.41, 5.74) is 7.98. The van der Waals surface area contributed by atoms with Crippen molar-refractivity contribution in [3.8, 4) is 11.1 Å². The van der Waals surface area contributed by atoms with Crippen LogP contribution in [0.1, 0.15) is 52.4 Å². The lowest BCUT2D eigenvalue weighted by molar-refractivity contribution is -0.125. The van der Waals surface area contributed by atoms with Gasteiger partial charge in [0.2, 0.25) is 5.91 Å². The fourth-order valence-corrected chi connectivity index (χ4v) is 7.80. The molecule has 4 aromatic rings. The summed E-state index contributed by atoms with van der Waals surface area (Å²) in [4.78, 5) is 33.9. The van der Waals surface area contributed by atoms with Crippen LogP contribution in [0.4, 0.5) is 5.69 Å². The second-order valence-corrected chi connectivity index (χ2v) is 12.9. The minimum atomic E-state index is -0.664. The molecule has 0 bridgehead atoms. The van der Waals surface area contributed by atoms with E-state index in [1.807, 2.05) is 36.1 Å². The number of nitrogens with zero attached hydrogens (tertiary/aromatic N) is 3. The highest BCUT2D eigenvalue weighted by Crippen LogP contribution is 2.51. The van der Waals surface area contributed by atoms with Gasteiger partial charge in [-0.15, -0.1) is 0 Å². The summed E-state index contributed by atoms with van der Waals surface area (Å²) >= 11 is 6.17. The van der Waals surface area contributed by atoms with E-state index in [2.05, 4.69) is 81.8 Å². The number of carbonyl (C=O) groups excluding carboxylic acids is 2. The number of hydrogen-bond donors (Lipinski definition) is 1. The van der Waals surface area contributed by atoms with Crippen LogP contribution in [0.15, 0.2) is 91.0 Å².